The minimum Gasteiger partial charge on any atom is -0.465 e. The Hall–Kier alpha value is -1.14. The molecule has 2 N–H and O–H groups in total. The monoisotopic (exact) mass is 380 g/mol. The molecule has 6 heteroatoms. The molecule has 0 spiro atoms. The molecule has 0 radical (unpaired) electrons. The molecule has 0 aromatic carbocycles. The number of anilines is 1. The molecule has 0 aliphatic heterocycles. The number of aryl methyl sites for hydroxylation is 1. The van der Waals surface area contributed by atoms with Crippen molar-refractivity contribution in [2.45, 2.75) is 65.3 Å². The third-order valence-electron chi connectivity index (χ3n) is 5.26. The smallest absolute Gasteiger partial charge is 0.341 e. The maximum Gasteiger partial charge on any atom is 0.341 e. The zero-order chi connectivity index (χ0) is 18.2. The zero-order valence-corrected chi connectivity index (χ0v) is 17.2. The van der Waals surface area contributed by atoms with E-state index in [4.69, 9.17) is 17.0 Å². The van der Waals surface area contributed by atoms with E-state index in [-0.39, 0.29) is 5.97 Å². The summed E-state index contributed by atoms with van der Waals surface area (Å²) in [4.78, 5) is 13.5. The first-order chi connectivity index (χ1) is 11.8. The van der Waals surface area contributed by atoms with E-state index in [1.165, 1.54) is 18.4 Å². The predicted molar refractivity (Wildman–Crippen MR) is 108 cm³/mol. The number of methoxy groups -OCH3 is 1. The highest BCUT2D eigenvalue weighted by Gasteiger charge is 2.33. The molecule has 25 heavy (non-hydrogen) atoms. The molecule has 0 amide bonds. The first kappa shape index (κ1) is 18.6. The molecule has 1 aromatic heterocycles. The van der Waals surface area contributed by atoms with E-state index in [0.717, 1.165) is 42.7 Å². The number of ether oxygens (including phenoxy) is 1. The number of carbonyl (C=O) groups excluding carboxylic acids is 1. The Morgan fingerprint density at radius 1 is 1.32 bits per heavy atom. The largest absolute Gasteiger partial charge is 0.465 e. The van der Waals surface area contributed by atoms with Crippen molar-refractivity contribution in [3.63, 3.8) is 0 Å². The summed E-state index contributed by atoms with van der Waals surface area (Å²) in [6.07, 6.45) is 6.62. The second-order valence-electron chi connectivity index (χ2n) is 8.26. The zero-order valence-electron chi connectivity index (χ0n) is 15.5. The number of fused-ring (bicyclic) bond motifs is 1. The van der Waals surface area contributed by atoms with Gasteiger partial charge in [-0.25, -0.2) is 4.79 Å². The average molecular weight is 381 g/mol. The lowest BCUT2D eigenvalue weighted by Crippen LogP contribution is -2.44. The van der Waals surface area contributed by atoms with E-state index in [1.807, 2.05) is 0 Å². The molecule has 1 aromatic rings. The Kier molecular flexibility index (Phi) is 5.40. The SMILES string of the molecule is COC(=O)c1c(NC(=S)NC2CC(C)CC(C)(C)C2)sc2c1CCC2. The lowest BCUT2D eigenvalue weighted by Gasteiger charge is -2.39. The van der Waals surface area contributed by atoms with Crippen LogP contribution < -0.4 is 10.6 Å². The molecule has 2 aliphatic carbocycles. The van der Waals surface area contributed by atoms with Gasteiger partial charge in [-0.1, -0.05) is 20.8 Å². The van der Waals surface area contributed by atoms with Gasteiger partial charge in [0.05, 0.1) is 12.7 Å². The van der Waals surface area contributed by atoms with Crippen LogP contribution in [0.3, 0.4) is 0 Å². The van der Waals surface area contributed by atoms with Crippen molar-refractivity contribution in [2.75, 3.05) is 12.4 Å². The topological polar surface area (TPSA) is 50.4 Å². The number of rotatable bonds is 3. The molecule has 2 atom stereocenters. The highest BCUT2D eigenvalue weighted by molar-refractivity contribution is 7.80. The standard InChI is InChI=1S/C19H28N2O2S2/c1-11-8-12(10-19(2,3)9-11)20-18(24)21-16-15(17(22)23-4)13-6-5-7-14(13)25-16/h11-12H,5-10H2,1-4H3,(H2,20,21,24). The van der Waals surface area contributed by atoms with Crippen molar-refractivity contribution >= 4 is 39.6 Å². The number of hydrogen-bond acceptors (Lipinski definition) is 4. The summed E-state index contributed by atoms with van der Waals surface area (Å²) >= 11 is 7.20. The molecule has 4 nitrogen and oxygen atoms in total. The van der Waals surface area contributed by atoms with Crippen LogP contribution in [-0.2, 0) is 17.6 Å². The molecule has 1 heterocycles. The van der Waals surface area contributed by atoms with Crippen LogP contribution in [-0.4, -0.2) is 24.2 Å². The lowest BCUT2D eigenvalue weighted by molar-refractivity contribution is 0.0601. The highest BCUT2D eigenvalue weighted by atomic mass is 32.1. The molecule has 0 bridgehead atoms. The van der Waals surface area contributed by atoms with Crippen molar-refractivity contribution in [3.05, 3.63) is 16.0 Å². The van der Waals surface area contributed by atoms with Crippen molar-refractivity contribution in [2.24, 2.45) is 11.3 Å². The number of esters is 1. The van der Waals surface area contributed by atoms with E-state index in [9.17, 15) is 4.79 Å². The van der Waals surface area contributed by atoms with Gasteiger partial charge in [-0.2, -0.15) is 0 Å². The molecular weight excluding hydrogens is 352 g/mol. The molecule has 0 saturated heterocycles. The van der Waals surface area contributed by atoms with Crippen molar-refractivity contribution in [1.29, 1.82) is 0 Å². The Labute approximate surface area is 159 Å². The second kappa shape index (κ2) is 7.23. The van der Waals surface area contributed by atoms with Gasteiger partial charge in [0.1, 0.15) is 5.00 Å². The Morgan fingerprint density at radius 2 is 2.08 bits per heavy atom. The quantitative estimate of drug-likeness (QED) is 0.596. The van der Waals surface area contributed by atoms with Gasteiger partial charge in [0, 0.05) is 10.9 Å². The van der Waals surface area contributed by atoms with Gasteiger partial charge in [0.25, 0.3) is 0 Å². The van der Waals surface area contributed by atoms with E-state index >= 15 is 0 Å². The first-order valence-electron chi connectivity index (χ1n) is 9.09. The third kappa shape index (κ3) is 4.17. The number of carbonyl (C=O) groups is 1. The number of nitrogens with one attached hydrogen (secondary N) is 2. The summed E-state index contributed by atoms with van der Waals surface area (Å²) in [5.41, 5.74) is 2.17. The van der Waals surface area contributed by atoms with Gasteiger partial charge in [0.2, 0.25) is 0 Å². The molecule has 138 valence electrons. The predicted octanol–water partition coefficient (Wildman–Crippen LogP) is 4.52. The van der Waals surface area contributed by atoms with Crippen LogP contribution in [0.4, 0.5) is 5.00 Å². The Bertz CT molecular complexity index is 681. The van der Waals surface area contributed by atoms with Crippen molar-refractivity contribution in [1.82, 2.24) is 5.32 Å². The fourth-order valence-electron chi connectivity index (χ4n) is 4.59. The number of hydrogen-bond donors (Lipinski definition) is 2. The minimum atomic E-state index is -0.267. The first-order valence-corrected chi connectivity index (χ1v) is 10.3. The van der Waals surface area contributed by atoms with Crippen LogP contribution in [0, 0.1) is 11.3 Å². The second-order valence-corrected chi connectivity index (χ2v) is 9.78. The fourth-order valence-corrected chi connectivity index (χ4v) is 6.21. The summed E-state index contributed by atoms with van der Waals surface area (Å²) in [5.74, 6) is 0.428. The van der Waals surface area contributed by atoms with E-state index < -0.39 is 0 Å². The van der Waals surface area contributed by atoms with Gasteiger partial charge in [-0.15, -0.1) is 11.3 Å². The van der Waals surface area contributed by atoms with Crippen LogP contribution in [0.25, 0.3) is 0 Å². The summed E-state index contributed by atoms with van der Waals surface area (Å²) < 4.78 is 5.00. The van der Waals surface area contributed by atoms with E-state index in [0.29, 0.717) is 28.1 Å². The van der Waals surface area contributed by atoms with Gasteiger partial charge < -0.3 is 15.4 Å². The molecule has 1 fully saturated rings. The van der Waals surface area contributed by atoms with Crippen LogP contribution in [0.2, 0.25) is 0 Å². The fraction of sp³-hybridized carbons (Fsp3) is 0.684. The normalized spacial score (nSPS) is 24.5. The van der Waals surface area contributed by atoms with Crippen LogP contribution in [0.5, 0.6) is 0 Å². The number of thiophene rings is 1. The maximum atomic E-state index is 12.2. The van der Waals surface area contributed by atoms with Gasteiger partial charge in [0.15, 0.2) is 5.11 Å². The summed E-state index contributed by atoms with van der Waals surface area (Å²) in [6.45, 7) is 6.96. The Balaban J connectivity index is 1.70. The maximum absolute atomic E-state index is 12.2. The molecular formula is C19H28N2O2S2. The average Bonchev–Trinajstić information content (AvgIpc) is 3.04. The molecule has 2 unspecified atom stereocenters. The third-order valence-corrected chi connectivity index (χ3v) is 6.69. The molecule has 2 aliphatic rings. The van der Waals surface area contributed by atoms with Crippen molar-refractivity contribution < 1.29 is 9.53 Å². The van der Waals surface area contributed by atoms with Gasteiger partial charge in [-0.05, 0) is 67.6 Å². The molecule has 1 saturated carbocycles. The highest BCUT2D eigenvalue weighted by Crippen LogP contribution is 2.40. The summed E-state index contributed by atoms with van der Waals surface area (Å²) in [5, 5.41) is 8.20. The van der Waals surface area contributed by atoms with Crippen LogP contribution in [0.15, 0.2) is 0 Å². The number of thiocarbonyl (C=S) groups is 1. The summed E-state index contributed by atoms with van der Waals surface area (Å²) in [7, 11) is 1.44. The van der Waals surface area contributed by atoms with E-state index in [2.05, 4.69) is 31.4 Å². The van der Waals surface area contributed by atoms with Crippen LogP contribution in [0.1, 0.15) is 67.3 Å². The molecule has 3 rings (SSSR count). The lowest BCUT2D eigenvalue weighted by atomic mass is 9.71. The van der Waals surface area contributed by atoms with Gasteiger partial charge in [-0.3, -0.25) is 0 Å². The minimum absolute atomic E-state index is 0.267. The van der Waals surface area contributed by atoms with Crippen molar-refractivity contribution in [3.8, 4) is 0 Å². The van der Waals surface area contributed by atoms with Gasteiger partial charge >= 0.3 is 5.97 Å². The Morgan fingerprint density at radius 3 is 2.76 bits per heavy atom. The van der Waals surface area contributed by atoms with E-state index in [1.54, 1.807) is 11.3 Å². The summed E-state index contributed by atoms with van der Waals surface area (Å²) in [6, 6.07) is 0.382. The van der Waals surface area contributed by atoms with Crippen LogP contribution >= 0.6 is 23.6 Å².